The van der Waals surface area contributed by atoms with Gasteiger partial charge in [-0.2, -0.15) is 0 Å². The second kappa shape index (κ2) is 16.1. The van der Waals surface area contributed by atoms with E-state index in [0.717, 1.165) is 6.42 Å². The maximum absolute atomic E-state index is 3.55. The molecule has 0 spiro atoms. The van der Waals surface area contributed by atoms with E-state index in [1.54, 1.807) is 0 Å². The molecule has 0 unspecified atom stereocenters. The summed E-state index contributed by atoms with van der Waals surface area (Å²) in [5.41, 5.74) is 0. The smallest absolute Gasteiger partial charge is 0.0172 e. The zero-order valence-corrected chi connectivity index (χ0v) is 6.15. The van der Waals surface area contributed by atoms with Gasteiger partial charge in [0.05, 0.1) is 0 Å². The van der Waals surface area contributed by atoms with Gasteiger partial charge in [0.2, 0.25) is 0 Å². The van der Waals surface area contributed by atoms with E-state index in [9.17, 15) is 0 Å². The highest BCUT2D eigenvalue weighted by atomic mass is 13.6. The van der Waals surface area contributed by atoms with Crippen molar-refractivity contribution in [1.29, 1.82) is 0 Å². The first-order chi connectivity index (χ1) is 3.91. The Morgan fingerprint density at radius 3 is 2.00 bits per heavy atom. The monoisotopic (exact) mass is 112 g/mol. The van der Waals surface area contributed by atoms with Crippen LogP contribution in [0.4, 0.5) is 0 Å². The average molecular weight is 112 g/mol. The van der Waals surface area contributed by atoms with Crippen molar-refractivity contribution in [3.05, 3.63) is 24.8 Å². The van der Waals surface area contributed by atoms with E-state index in [4.69, 9.17) is 0 Å². The van der Waals surface area contributed by atoms with Gasteiger partial charge in [-0.15, -0.1) is 6.58 Å². The van der Waals surface area contributed by atoms with Crippen LogP contribution in [-0.2, 0) is 0 Å². The van der Waals surface area contributed by atoms with Gasteiger partial charge in [0.15, 0.2) is 0 Å². The molecular weight excluding hydrogens is 96.1 g/mol. The van der Waals surface area contributed by atoms with Crippen LogP contribution in [-0.4, -0.2) is 0 Å². The minimum atomic E-state index is 0.997. The van der Waals surface area contributed by atoms with Crippen LogP contribution in [0.3, 0.4) is 0 Å². The molecule has 8 heavy (non-hydrogen) atoms. The molecule has 0 radical (unpaired) electrons. The summed E-state index contributed by atoms with van der Waals surface area (Å²) in [5, 5.41) is 0. The van der Waals surface area contributed by atoms with Crippen LogP contribution in [0.15, 0.2) is 24.8 Å². The van der Waals surface area contributed by atoms with Gasteiger partial charge in [0.1, 0.15) is 0 Å². The van der Waals surface area contributed by atoms with Gasteiger partial charge in [-0.05, 0) is 13.3 Å². The standard InChI is InChI=1S/C6H10.C2H6/c1-3-5-6-4-2;1-2/h3-4,6H,1,5H2,2H3;1-2H3/b6-4-;. The first-order valence-electron chi connectivity index (χ1n) is 3.14. The lowest BCUT2D eigenvalue weighted by molar-refractivity contribution is 1.39. The van der Waals surface area contributed by atoms with E-state index in [0.29, 0.717) is 0 Å². The van der Waals surface area contributed by atoms with Crippen LogP contribution < -0.4 is 0 Å². The molecule has 0 amide bonds. The fourth-order valence-electron chi connectivity index (χ4n) is 0.232. The molecular formula is C8H16. The molecule has 48 valence electrons. The second-order valence-corrected chi connectivity index (χ2v) is 1.09. The Kier molecular flexibility index (Phi) is 21.0. The van der Waals surface area contributed by atoms with Crippen LogP contribution in [0.2, 0.25) is 0 Å². The van der Waals surface area contributed by atoms with Gasteiger partial charge in [-0.3, -0.25) is 0 Å². The third kappa shape index (κ3) is 17.9. The lowest BCUT2D eigenvalue weighted by Crippen LogP contribution is -1.48. The summed E-state index contributed by atoms with van der Waals surface area (Å²) in [7, 11) is 0. The molecule has 0 aliphatic rings. The van der Waals surface area contributed by atoms with Crippen LogP contribution in [0.1, 0.15) is 27.2 Å². The fourth-order valence-corrected chi connectivity index (χ4v) is 0.232. The third-order valence-corrected chi connectivity index (χ3v) is 0.538. The van der Waals surface area contributed by atoms with Crippen LogP contribution in [0.5, 0.6) is 0 Å². The third-order valence-electron chi connectivity index (χ3n) is 0.538. The average Bonchev–Trinajstić information content (AvgIpc) is 1.88. The van der Waals surface area contributed by atoms with E-state index in [2.05, 4.69) is 12.7 Å². The van der Waals surface area contributed by atoms with Crippen LogP contribution in [0, 0.1) is 0 Å². The van der Waals surface area contributed by atoms with Crippen LogP contribution >= 0.6 is 0 Å². The molecule has 0 aromatic rings. The van der Waals surface area contributed by atoms with Gasteiger partial charge in [0, 0.05) is 0 Å². The Labute approximate surface area is 52.9 Å². The first-order valence-corrected chi connectivity index (χ1v) is 3.14. The van der Waals surface area contributed by atoms with Gasteiger partial charge in [-0.25, -0.2) is 0 Å². The van der Waals surface area contributed by atoms with Crippen molar-refractivity contribution in [1.82, 2.24) is 0 Å². The molecule has 0 atom stereocenters. The van der Waals surface area contributed by atoms with E-state index >= 15 is 0 Å². The van der Waals surface area contributed by atoms with Crippen molar-refractivity contribution < 1.29 is 0 Å². The molecule has 0 aliphatic heterocycles. The van der Waals surface area contributed by atoms with Gasteiger partial charge >= 0.3 is 0 Å². The van der Waals surface area contributed by atoms with E-state index in [1.807, 2.05) is 32.9 Å². The minimum Gasteiger partial charge on any atom is -0.103 e. The highest BCUT2D eigenvalue weighted by molar-refractivity contribution is 4.85. The van der Waals surface area contributed by atoms with Gasteiger partial charge in [-0.1, -0.05) is 32.1 Å². The molecule has 0 saturated carbocycles. The van der Waals surface area contributed by atoms with Crippen molar-refractivity contribution in [3.8, 4) is 0 Å². The summed E-state index contributed by atoms with van der Waals surface area (Å²) in [6, 6.07) is 0. The lowest BCUT2D eigenvalue weighted by Gasteiger charge is -1.69. The van der Waals surface area contributed by atoms with Crippen molar-refractivity contribution in [2.75, 3.05) is 0 Å². The predicted octanol–water partition coefficient (Wildman–Crippen LogP) is 3.16. The Bertz CT molecular complexity index is 51.1. The largest absolute Gasteiger partial charge is 0.103 e. The Morgan fingerprint density at radius 1 is 1.38 bits per heavy atom. The van der Waals surface area contributed by atoms with Crippen molar-refractivity contribution in [2.24, 2.45) is 0 Å². The molecule has 0 heterocycles. The molecule has 0 nitrogen and oxygen atoms in total. The molecule has 0 saturated heterocycles. The first kappa shape index (κ1) is 10.5. The summed E-state index contributed by atoms with van der Waals surface area (Å²) < 4.78 is 0. The van der Waals surface area contributed by atoms with E-state index in [1.165, 1.54) is 0 Å². The van der Waals surface area contributed by atoms with Crippen LogP contribution in [0.25, 0.3) is 0 Å². The normalized spacial score (nSPS) is 7.88. The Balaban J connectivity index is 0. The Morgan fingerprint density at radius 2 is 1.88 bits per heavy atom. The lowest BCUT2D eigenvalue weighted by atomic mass is 10.4. The van der Waals surface area contributed by atoms with Gasteiger partial charge < -0.3 is 0 Å². The zero-order valence-electron chi connectivity index (χ0n) is 6.15. The number of hydrogen-bond acceptors (Lipinski definition) is 0. The van der Waals surface area contributed by atoms with E-state index in [-0.39, 0.29) is 0 Å². The Hall–Kier alpha value is -0.520. The summed E-state index contributed by atoms with van der Waals surface area (Å²) in [6.45, 7) is 9.55. The molecule has 0 heteroatoms. The minimum absolute atomic E-state index is 0.997. The maximum Gasteiger partial charge on any atom is -0.0172 e. The highest BCUT2D eigenvalue weighted by Gasteiger charge is 1.57. The molecule has 0 aromatic heterocycles. The summed E-state index contributed by atoms with van der Waals surface area (Å²) in [6.07, 6.45) is 6.95. The summed E-state index contributed by atoms with van der Waals surface area (Å²) >= 11 is 0. The predicted molar refractivity (Wildman–Crippen MR) is 41.0 cm³/mol. The van der Waals surface area contributed by atoms with Crippen molar-refractivity contribution in [3.63, 3.8) is 0 Å². The topological polar surface area (TPSA) is 0 Å². The maximum atomic E-state index is 3.55. The number of hydrogen-bond donors (Lipinski definition) is 0. The SMILES string of the molecule is C=CC/C=C\C.CC. The highest BCUT2D eigenvalue weighted by Crippen LogP contribution is 1.78. The molecule has 0 bridgehead atoms. The molecule has 0 aliphatic carbocycles. The molecule has 0 aromatic carbocycles. The zero-order chi connectivity index (χ0) is 6.83. The van der Waals surface area contributed by atoms with Gasteiger partial charge in [0.25, 0.3) is 0 Å². The number of allylic oxidation sites excluding steroid dienone is 3. The molecule has 0 rings (SSSR count). The van der Waals surface area contributed by atoms with Crippen molar-refractivity contribution in [2.45, 2.75) is 27.2 Å². The quantitative estimate of drug-likeness (QED) is 0.481. The summed E-state index contributed by atoms with van der Waals surface area (Å²) in [4.78, 5) is 0. The number of rotatable bonds is 2. The van der Waals surface area contributed by atoms with E-state index < -0.39 is 0 Å². The second-order valence-electron chi connectivity index (χ2n) is 1.09. The molecule has 0 N–H and O–H groups in total. The fraction of sp³-hybridized carbons (Fsp3) is 0.500. The molecule has 0 fully saturated rings. The van der Waals surface area contributed by atoms with Crippen molar-refractivity contribution >= 4 is 0 Å². The summed E-state index contributed by atoms with van der Waals surface area (Å²) in [5.74, 6) is 0.